The Morgan fingerprint density at radius 3 is 2.83 bits per heavy atom. The molecular formula is C18H15N3O3. The van der Waals surface area contributed by atoms with Crippen LogP contribution in [0.4, 0.5) is 0 Å². The molecule has 0 radical (unpaired) electrons. The van der Waals surface area contributed by atoms with Crippen LogP contribution in [0, 0.1) is 0 Å². The van der Waals surface area contributed by atoms with E-state index in [0.29, 0.717) is 18.1 Å². The molecule has 6 heteroatoms. The number of para-hydroxylation sites is 1. The Labute approximate surface area is 138 Å². The summed E-state index contributed by atoms with van der Waals surface area (Å²) >= 11 is 0. The number of carbonyl (C=O) groups excluding carboxylic acids is 1. The summed E-state index contributed by atoms with van der Waals surface area (Å²) in [7, 11) is 0. The number of ether oxygens (including phenoxy) is 1. The molecule has 0 spiro atoms. The number of hydrogen-bond donors (Lipinski definition) is 1. The van der Waals surface area contributed by atoms with E-state index in [0.717, 1.165) is 23.3 Å². The van der Waals surface area contributed by atoms with E-state index >= 15 is 0 Å². The largest absolute Gasteiger partial charge is 0.487 e. The van der Waals surface area contributed by atoms with Crippen molar-refractivity contribution in [3.8, 4) is 17.1 Å². The Morgan fingerprint density at radius 2 is 2.04 bits per heavy atom. The first-order valence-corrected chi connectivity index (χ1v) is 7.69. The van der Waals surface area contributed by atoms with E-state index in [1.54, 1.807) is 30.6 Å². The fourth-order valence-corrected chi connectivity index (χ4v) is 2.77. The molecule has 4 rings (SSSR count). The third-order valence-electron chi connectivity index (χ3n) is 3.87. The lowest BCUT2D eigenvalue weighted by molar-refractivity contribution is 0.0906. The Hall–Kier alpha value is -3.15. The predicted octanol–water partition coefficient (Wildman–Crippen LogP) is 2.47. The van der Waals surface area contributed by atoms with Gasteiger partial charge in [0.15, 0.2) is 11.6 Å². The highest BCUT2D eigenvalue weighted by Gasteiger charge is 2.27. The fourth-order valence-electron chi connectivity index (χ4n) is 2.77. The van der Waals surface area contributed by atoms with E-state index in [-0.39, 0.29) is 12.0 Å². The molecule has 0 fully saturated rings. The van der Waals surface area contributed by atoms with Crippen molar-refractivity contribution in [2.24, 2.45) is 0 Å². The number of amides is 1. The van der Waals surface area contributed by atoms with Crippen molar-refractivity contribution in [2.45, 2.75) is 12.5 Å². The zero-order valence-electron chi connectivity index (χ0n) is 12.8. The number of furan rings is 1. The Kier molecular flexibility index (Phi) is 3.70. The highest BCUT2D eigenvalue weighted by Crippen LogP contribution is 2.37. The number of hydrogen-bond acceptors (Lipinski definition) is 5. The van der Waals surface area contributed by atoms with Gasteiger partial charge in [-0.05, 0) is 29.8 Å². The average molecular weight is 321 g/mol. The minimum absolute atomic E-state index is 0.122. The smallest absolute Gasteiger partial charge is 0.287 e. The maximum atomic E-state index is 11.9. The number of nitrogens with one attached hydrogen (secondary N) is 1. The number of nitrogens with zero attached hydrogens (tertiary/aromatic N) is 2. The highest BCUT2D eigenvalue weighted by atomic mass is 16.5. The molecule has 0 saturated heterocycles. The van der Waals surface area contributed by atoms with Crippen molar-refractivity contribution in [1.29, 1.82) is 0 Å². The molecule has 2 aromatic heterocycles. The number of carbonyl (C=O) groups is 1. The van der Waals surface area contributed by atoms with Crippen LogP contribution >= 0.6 is 0 Å². The van der Waals surface area contributed by atoms with Gasteiger partial charge in [-0.1, -0.05) is 12.1 Å². The van der Waals surface area contributed by atoms with Gasteiger partial charge in [0.05, 0.1) is 18.4 Å². The molecule has 6 nitrogen and oxygen atoms in total. The normalized spacial score (nSPS) is 15.6. The van der Waals surface area contributed by atoms with Crippen LogP contribution in [0.15, 0.2) is 59.5 Å². The second-order valence-corrected chi connectivity index (χ2v) is 5.50. The monoisotopic (exact) mass is 321 g/mol. The van der Waals surface area contributed by atoms with Crippen LogP contribution in [0.3, 0.4) is 0 Å². The van der Waals surface area contributed by atoms with E-state index in [4.69, 9.17) is 9.15 Å². The maximum Gasteiger partial charge on any atom is 0.287 e. The van der Waals surface area contributed by atoms with Crippen molar-refractivity contribution in [2.75, 3.05) is 6.54 Å². The number of rotatable bonds is 4. The predicted molar refractivity (Wildman–Crippen MR) is 86.6 cm³/mol. The van der Waals surface area contributed by atoms with Crippen molar-refractivity contribution in [3.05, 3.63) is 66.4 Å². The molecule has 0 aliphatic carbocycles. The molecular weight excluding hydrogens is 306 g/mol. The van der Waals surface area contributed by atoms with Crippen LogP contribution in [-0.4, -0.2) is 28.5 Å². The van der Waals surface area contributed by atoms with Crippen LogP contribution in [0.2, 0.25) is 0 Å². The topological polar surface area (TPSA) is 77.2 Å². The van der Waals surface area contributed by atoms with E-state index < -0.39 is 0 Å². The van der Waals surface area contributed by atoms with Crippen LogP contribution in [0.5, 0.6) is 5.75 Å². The number of benzene rings is 1. The first-order chi connectivity index (χ1) is 11.8. The van der Waals surface area contributed by atoms with Gasteiger partial charge >= 0.3 is 0 Å². The Morgan fingerprint density at radius 1 is 1.17 bits per heavy atom. The summed E-state index contributed by atoms with van der Waals surface area (Å²) < 4.78 is 11.1. The SMILES string of the molecule is O=C(NCC1Cc2cccc(-c3ncccn3)c2O1)c1ccco1. The molecule has 24 heavy (non-hydrogen) atoms. The molecule has 1 amide bonds. The lowest BCUT2D eigenvalue weighted by Gasteiger charge is -2.12. The minimum atomic E-state index is -0.244. The van der Waals surface area contributed by atoms with E-state index in [1.807, 2.05) is 18.2 Å². The first-order valence-electron chi connectivity index (χ1n) is 7.69. The van der Waals surface area contributed by atoms with Crippen molar-refractivity contribution < 1.29 is 13.9 Å². The van der Waals surface area contributed by atoms with E-state index in [1.165, 1.54) is 6.26 Å². The molecule has 1 aliphatic rings. The molecule has 3 heterocycles. The second kappa shape index (κ2) is 6.16. The van der Waals surface area contributed by atoms with Gasteiger partial charge in [0.25, 0.3) is 5.91 Å². The highest BCUT2D eigenvalue weighted by molar-refractivity contribution is 5.91. The zero-order chi connectivity index (χ0) is 16.4. The average Bonchev–Trinajstić information content (AvgIpc) is 3.29. The van der Waals surface area contributed by atoms with E-state index in [2.05, 4.69) is 15.3 Å². The number of fused-ring (bicyclic) bond motifs is 1. The molecule has 1 unspecified atom stereocenters. The van der Waals surface area contributed by atoms with Crippen LogP contribution < -0.4 is 10.1 Å². The van der Waals surface area contributed by atoms with Crippen LogP contribution in [-0.2, 0) is 6.42 Å². The molecule has 0 saturated carbocycles. The van der Waals surface area contributed by atoms with E-state index in [9.17, 15) is 4.79 Å². The van der Waals surface area contributed by atoms with Gasteiger partial charge in [0.1, 0.15) is 11.9 Å². The number of aromatic nitrogens is 2. The maximum absolute atomic E-state index is 11.9. The molecule has 1 aliphatic heterocycles. The van der Waals surface area contributed by atoms with Gasteiger partial charge in [-0.25, -0.2) is 9.97 Å². The second-order valence-electron chi connectivity index (χ2n) is 5.50. The molecule has 1 aromatic carbocycles. The minimum Gasteiger partial charge on any atom is -0.487 e. The zero-order valence-corrected chi connectivity index (χ0v) is 12.8. The van der Waals surface area contributed by atoms with Gasteiger partial charge in [0.2, 0.25) is 0 Å². The summed E-state index contributed by atoms with van der Waals surface area (Å²) in [5, 5.41) is 2.83. The fraction of sp³-hybridized carbons (Fsp3) is 0.167. The van der Waals surface area contributed by atoms with Gasteiger partial charge in [-0.3, -0.25) is 4.79 Å². The Balaban J connectivity index is 1.47. The third-order valence-corrected chi connectivity index (χ3v) is 3.87. The van der Waals surface area contributed by atoms with Crippen molar-refractivity contribution in [3.63, 3.8) is 0 Å². The Bertz CT molecular complexity index is 847. The van der Waals surface area contributed by atoms with Crippen LogP contribution in [0.1, 0.15) is 16.1 Å². The molecule has 1 atom stereocenters. The van der Waals surface area contributed by atoms with Gasteiger partial charge < -0.3 is 14.5 Å². The first kappa shape index (κ1) is 14.4. The van der Waals surface area contributed by atoms with Gasteiger partial charge in [-0.2, -0.15) is 0 Å². The molecule has 1 N–H and O–H groups in total. The summed E-state index contributed by atoms with van der Waals surface area (Å²) in [4.78, 5) is 20.5. The summed E-state index contributed by atoms with van der Waals surface area (Å²) in [5.74, 6) is 1.48. The van der Waals surface area contributed by atoms with Crippen LogP contribution in [0.25, 0.3) is 11.4 Å². The summed E-state index contributed by atoms with van der Waals surface area (Å²) in [6.07, 6.45) is 5.50. The quantitative estimate of drug-likeness (QED) is 0.799. The van der Waals surface area contributed by atoms with Gasteiger partial charge in [-0.15, -0.1) is 0 Å². The lowest BCUT2D eigenvalue weighted by atomic mass is 10.1. The third kappa shape index (κ3) is 2.74. The van der Waals surface area contributed by atoms with Gasteiger partial charge in [0, 0.05) is 18.8 Å². The summed E-state index contributed by atoms with van der Waals surface area (Å²) in [5.41, 5.74) is 1.96. The molecule has 0 bridgehead atoms. The summed E-state index contributed by atoms with van der Waals surface area (Å²) in [6.45, 7) is 0.406. The molecule has 120 valence electrons. The lowest BCUT2D eigenvalue weighted by Crippen LogP contribution is -2.34. The van der Waals surface area contributed by atoms with Crippen molar-refractivity contribution >= 4 is 5.91 Å². The molecule has 3 aromatic rings. The van der Waals surface area contributed by atoms with Crippen molar-refractivity contribution in [1.82, 2.24) is 15.3 Å². The summed E-state index contributed by atoms with van der Waals surface area (Å²) in [6, 6.07) is 11.0. The standard InChI is InChI=1S/C18H15N3O3/c22-18(15-6-2-9-23-15)21-11-13-10-12-4-1-5-14(16(12)24-13)17-19-7-3-8-20-17/h1-9,13H,10-11H2,(H,21,22).